The van der Waals surface area contributed by atoms with Gasteiger partial charge < -0.3 is 14.2 Å². The van der Waals surface area contributed by atoms with Crippen molar-refractivity contribution in [3.8, 4) is 0 Å². The molecule has 0 aromatic rings. The van der Waals surface area contributed by atoms with Gasteiger partial charge in [-0.3, -0.25) is 14.4 Å². The minimum Gasteiger partial charge on any atom is -0.462 e. The Bertz CT molecular complexity index is 1340. The molecule has 0 aliphatic heterocycles. The zero-order valence-corrected chi connectivity index (χ0v) is 54.1. The van der Waals surface area contributed by atoms with Crippen LogP contribution in [0.1, 0.15) is 400 Å². The summed E-state index contributed by atoms with van der Waals surface area (Å²) < 4.78 is 17.0. The lowest BCUT2D eigenvalue weighted by molar-refractivity contribution is -0.167. The third kappa shape index (κ3) is 66.4. The first-order chi connectivity index (χ1) is 39.5. The number of esters is 3. The maximum absolute atomic E-state index is 12.9. The topological polar surface area (TPSA) is 78.9 Å². The predicted molar refractivity (Wildman–Crippen MR) is 349 cm³/mol. The Hall–Kier alpha value is -2.37. The lowest BCUT2D eigenvalue weighted by Crippen LogP contribution is -2.30. The summed E-state index contributed by atoms with van der Waals surface area (Å²) in [7, 11) is 0. The van der Waals surface area contributed by atoms with Gasteiger partial charge >= 0.3 is 17.9 Å². The van der Waals surface area contributed by atoms with E-state index < -0.39 is 6.10 Å². The van der Waals surface area contributed by atoms with E-state index in [1.807, 2.05) is 0 Å². The first kappa shape index (κ1) is 77.6. The van der Waals surface area contributed by atoms with Gasteiger partial charge in [0.15, 0.2) is 6.10 Å². The van der Waals surface area contributed by atoms with Gasteiger partial charge in [-0.2, -0.15) is 0 Å². The van der Waals surface area contributed by atoms with Gasteiger partial charge in [0.25, 0.3) is 0 Å². The van der Waals surface area contributed by atoms with E-state index in [4.69, 9.17) is 14.2 Å². The van der Waals surface area contributed by atoms with E-state index in [0.29, 0.717) is 19.3 Å². The average molecular weight is 1120 g/mol. The summed E-state index contributed by atoms with van der Waals surface area (Å²) in [6, 6.07) is 0. The van der Waals surface area contributed by atoms with Gasteiger partial charge in [0.2, 0.25) is 0 Å². The second kappa shape index (κ2) is 69.1. The predicted octanol–water partition coefficient (Wildman–Crippen LogP) is 24.7. The maximum atomic E-state index is 12.9. The molecule has 0 aromatic carbocycles. The average Bonchev–Trinajstić information content (AvgIpc) is 3.46. The van der Waals surface area contributed by atoms with Crippen molar-refractivity contribution in [3.05, 3.63) is 36.5 Å². The normalized spacial score (nSPS) is 12.2. The number of ether oxygens (including phenoxy) is 3. The fraction of sp³-hybridized carbons (Fsp3) is 0.878. The number of hydrogen-bond acceptors (Lipinski definition) is 6. The highest BCUT2D eigenvalue weighted by Gasteiger charge is 2.19. The zero-order chi connectivity index (χ0) is 57.8. The van der Waals surface area contributed by atoms with Gasteiger partial charge in [0.1, 0.15) is 13.2 Å². The standard InChI is InChI=1S/C74H138O6/c1-4-7-10-13-16-19-22-25-27-29-31-33-34-35-36-37-38-39-41-42-44-46-49-52-55-58-61-64-67-73(76)79-70-71(69-78-72(75)66-63-60-57-54-51-48-24-21-18-15-12-9-6-3)80-74(77)68-65-62-59-56-53-50-47-45-43-40-32-30-28-26-23-20-17-14-11-8-5-2/h12,15,21,24,30,32,71H,4-11,13-14,16-20,22-23,25-29,31,33-70H2,1-3H3/b15-12-,24-21-,32-30-. The van der Waals surface area contributed by atoms with Crippen LogP contribution in [0.15, 0.2) is 36.5 Å². The second-order valence-corrected chi connectivity index (χ2v) is 24.5. The largest absolute Gasteiger partial charge is 0.462 e. The molecule has 0 N–H and O–H groups in total. The second-order valence-electron chi connectivity index (χ2n) is 24.5. The van der Waals surface area contributed by atoms with Crippen LogP contribution in [0.3, 0.4) is 0 Å². The molecular formula is C74H138O6. The Labute approximate surface area is 499 Å². The Balaban J connectivity index is 4.19. The molecule has 0 aromatic heterocycles. The van der Waals surface area contributed by atoms with E-state index in [2.05, 4.69) is 57.2 Å². The molecule has 1 atom stereocenters. The molecule has 0 radical (unpaired) electrons. The number of allylic oxidation sites excluding steroid dienone is 6. The van der Waals surface area contributed by atoms with Crippen molar-refractivity contribution >= 4 is 17.9 Å². The van der Waals surface area contributed by atoms with E-state index >= 15 is 0 Å². The molecule has 0 saturated carbocycles. The highest BCUT2D eigenvalue weighted by atomic mass is 16.6. The Morgan fingerprint density at radius 1 is 0.250 bits per heavy atom. The van der Waals surface area contributed by atoms with E-state index in [9.17, 15) is 14.4 Å². The first-order valence-electron chi connectivity index (χ1n) is 36.0. The molecule has 0 rings (SSSR count). The molecule has 0 aliphatic carbocycles. The zero-order valence-electron chi connectivity index (χ0n) is 54.1. The third-order valence-corrected chi connectivity index (χ3v) is 16.3. The van der Waals surface area contributed by atoms with Crippen LogP contribution in [-0.2, 0) is 28.6 Å². The molecule has 0 spiro atoms. The summed E-state index contributed by atoms with van der Waals surface area (Å²) in [6.07, 6.45) is 86.2. The Morgan fingerprint density at radius 2 is 0.475 bits per heavy atom. The summed E-state index contributed by atoms with van der Waals surface area (Å²) in [5, 5.41) is 0. The number of hydrogen-bond donors (Lipinski definition) is 0. The van der Waals surface area contributed by atoms with Gasteiger partial charge in [-0.15, -0.1) is 0 Å². The molecule has 1 unspecified atom stereocenters. The molecular weight excluding hydrogens is 985 g/mol. The molecule has 0 saturated heterocycles. The highest BCUT2D eigenvalue weighted by molar-refractivity contribution is 5.71. The molecule has 80 heavy (non-hydrogen) atoms. The summed E-state index contributed by atoms with van der Waals surface area (Å²) >= 11 is 0. The van der Waals surface area contributed by atoms with Crippen molar-refractivity contribution in [2.24, 2.45) is 0 Å². The number of unbranched alkanes of at least 4 members (excludes halogenated alkanes) is 50. The van der Waals surface area contributed by atoms with Gasteiger partial charge in [-0.05, 0) is 70.6 Å². The van der Waals surface area contributed by atoms with Gasteiger partial charge in [0, 0.05) is 19.3 Å². The molecule has 0 amide bonds. The monoisotopic (exact) mass is 1120 g/mol. The first-order valence-corrected chi connectivity index (χ1v) is 36.0. The number of carbonyl (C=O) groups excluding carboxylic acids is 3. The molecule has 0 bridgehead atoms. The number of rotatable bonds is 67. The fourth-order valence-corrected chi connectivity index (χ4v) is 11.0. The summed E-state index contributed by atoms with van der Waals surface area (Å²) in [6.45, 7) is 6.64. The van der Waals surface area contributed by atoms with E-state index in [1.54, 1.807) is 0 Å². The van der Waals surface area contributed by atoms with Crippen LogP contribution < -0.4 is 0 Å². The van der Waals surface area contributed by atoms with Crippen molar-refractivity contribution in [2.75, 3.05) is 13.2 Å². The van der Waals surface area contributed by atoms with E-state index in [0.717, 1.165) is 83.5 Å². The molecule has 0 heterocycles. The molecule has 0 fully saturated rings. The quantitative estimate of drug-likeness (QED) is 0.0261. The Morgan fingerprint density at radius 3 is 0.750 bits per heavy atom. The molecule has 0 aliphatic rings. The maximum Gasteiger partial charge on any atom is 0.306 e. The van der Waals surface area contributed by atoms with Gasteiger partial charge in [0.05, 0.1) is 0 Å². The van der Waals surface area contributed by atoms with Crippen LogP contribution in [-0.4, -0.2) is 37.2 Å². The fourth-order valence-electron chi connectivity index (χ4n) is 11.0. The van der Waals surface area contributed by atoms with Crippen molar-refractivity contribution < 1.29 is 28.6 Å². The number of carbonyl (C=O) groups is 3. The Kier molecular flexibility index (Phi) is 67.1. The lowest BCUT2D eigenvalue weighted by Gasteiger charge is -2.18. The van der Waals surface area contributed by atoms with Crippen molar-refractivity contribution in [1.82, 2.24) is 0 Å². The van der Waals surface area contributed by atoms with Crippen molar-refractivity contribution in [2.45, 2.75) is 406 Å². The van der Waals surface area contributed by atoms with Gasteiger partial charge in [-0.1, -0.05) is 346 Å². The molecule has 6 heteroatoms. The van der Waals surface area contributed by atoms with Crippen LogP contribution >= 0.6 is 0 Å². The van der Waals surface area contributed by atoms with Crippen LogP contribution in [0.5, 0.6) is 0 Å². The van der Waals surface area contributed by atoms with Crippen molar-refractivity contribution in [3.63, 3.8) is 0 Å². The van der Waals surface area contributed by atoms with Gasteiger partial charge in [-0.25, -0.2) is 0 Å². The van der Waals surface area contributed by atoms with E-state index in [-0.39, 0.29) is 31.1 Å². The smallest absolute Gasteiger partial charge is 0.306 e. The minimum atomic E-state index is -0.778. The van der Waals surface area contributed by atoms with Crippen LogP contribution in [0, 0.1) is 0 Å². The van der Waals surface area contributed by atoms with E-state index in [1.165, 1.54) is 276 Å². The highest BCUT2D eigenvalue weighted by Crippen LogP contribution is 2.19. The van der Waals surface area contributed by atoms with Crippen molar-refractivity contribution in [1.29, 1.82) is 0 Å². The SMILES string of the molecule is CCC/C=C\C/C=C\CCCCCCCC(=O)OCC(COC(=O)CCCCCCCCCCCCCCCCCCCCCCCCCCCCCC)OC(=O)CCCCCCCCCCC/C=C\CCCCCCCCCC. The minimum absolute atomic E-state index is 0.0730. The van der Waals surface area contributed by atoms with Crippen LogP contribution in [0.25, 0.3) is 0 Å². The molecule has 6 nitrogen and oxygen atoms in total. The summed E-state index contributed by atoms with van der Waals surface area (Å²) in [5.41, 5.74) is 0. The summed E-state index contributed by atoms with van der Waals surface area (Å²) in [4.78, 5) is 38.4. The molecule has 470 valence electrons. The van der Waals surface area contributed by atoms with Crippen LogP contribution in [0.2, 0.25) is 0 Å². The van der Waals surface area contributed by atoms with Crippen LogP contribution in [0.4, 0.5) is 0 Å². The third-order valence-electron chi connectivity index (χ3n) is 16.3. The summed E-state index contributed by atoms with van der Waals surface area (Å²) in [5.74, 6) is -0.862. The lowest BCUT2D eigenvalue weighted by atomic mass is 10.0.